The molecule has 0 bridgehead atoms. The maximum atomic E-state index is 13.9. The number of nitriles is 1. The molecule has 1 N–H and O–H groups in total. The number of anilines is 1. The van der Waals surface area contributed by atoms with Gasteiger partial charge in [-0.3, -0.25) is 4.79 Å². The van der Waals surface area contributed by atoms with E-state index in [4.69, 9.17) is 26.6 Å². The van der Waals surface area contributed by atoms with Gasteiger partial charge in [-0.25, -0.2) is 9.78 Å². The Morgan fingerprint density at radius 1 is 1.25 bits per heavy atom. The van der Waals surface area contributed by atoms with Gasteiger partial charge in [0, 0.05) is 29.7 Å². The summed E-state index contributed by atoms with van der Waals surface area (Å²) in [6.45, 7) is 0.948. The number of rotatable bonds is 7. The minimum Gasteiger partial charge on any atom is -0.446 e. The highest BCUT2D eigenvalue weighted by atomic mass is 35.5. The smallest absolute Gasteiger partial charge is 0.407 e. The van der Waals surface area contributed by atoms with Crippen LogP contribution in [0, 0.1) is 11.3 Å². The summed E-state index contributed by atoms with van der Waals surface area (Å²) in [6, 6.07) is 15.6. The molecule has 0 unspecified atom stereocenters. The molecule has 0 radical (unpaired) electrons. The van der Waals surface area contributed by atoms with Gasteiger partial charge in [0.05, 0.1) is 29.1 Å². The lowest BCUT2D eigenvalue weighted by molar-refractivity contribution is -0.127. The Kier molecular flexibility index (Phi) is 5.60. The molecule has 1 spiro atoms. The lowest BCUT2D eigenvalue weighted by Crippen LogP contribution is -2.57. The number of hydrogen-bond acceptors (Lipinski definition) is 5. The van der Waals surface area contributed by atoms with Crippen molar-refractivity contribution in [2.75, 3.05) is 4.90 Å². The minimum atomic E-state index is -0.644. The lowest BCUT2D eigenvalue weighted by atomic mass is 9.62. The van der Waals surface area contributed by atoms with Crippen LogP contribution in [0.5, 0.6) is 0 Å². The zero-order valence-electron chi connectivity index (χ0n) is 19.7. The number of ether oxygens (including phenoxy) is 1. The average Bonchev–Trinajstić information content (AvgIpc) is 3.54. The molecule has 9 heteroatoms. The maximum absolute atomic E-state index is 13.9. The summed E-state index contributed by atoms with van der Waals surface area (Å²) in [5.74, 6) is 0.790. The molecule has 2 heterocycles. The molecule has 2 aromatic carbocycles. The van der Waals surface area contributed by atoms with Crippen LogP contribution in [-0.2, 0) is 28.0 Å². The number of alkyl carbamates (subject to hydrolysis) is 1. The number of halogens is 1. The van der Waals surface area contributed by atoms with E-state index >= 15 is 0 Å². The van der Waals surface area contributed by atoms with Gasteiger partial charge in [-0.05, 0) is 61.9 Å². The van der Waals surface area contributed by atoms with E-state index in [1.807, 2.05) is 47.4 Å². The van der Waals surface area contributed by atoms with Crippen LogP contribution in [0.4, 0.5) is 10.5 Å². The molecule has 184 valence electrons. The first-order valence-electron chi connectivity index (χ1n) is 12.4. The molecule has 36 heavy (non-hydrogen) atoms. The largest absolute Gasteiger partial charge is 0.446 e. The first kappa shape index (κ1) is 22.9. The van der Waals surface area contributed by atoms with Gasteiger partial charge < -0.3 is 19.5 Å². The Labute approximate surface area is 213 Å². The standard InChI is InChI=1S/C27H26ClN5O3/c28-17-7-10-23-21(13-17)31-24(32(23)12-4-3-11-29)16-33-22-6-2-1-5-20(22)27(25(33)34)14-18(15-27)30-26(35)36-19-8-9-19/h1-2,5-7,10,13,18-19H,3-4,8-9,12,14-16H2,(H,30,35)/t18-,27+. The maximum Gasteiger partial charge on any atom is 0.407 e. The van der Waals surface area contributed by atoms with Crippen molar-refractivity contribution in [3.63, 3.8) is 0 Å². The van der Waals surface area contributed by atoms with Crippen LogP contribution >= 0.6 is 11.6 Å². The summed E-state index contributed by atoms with van der Waals surface area (Å²) in [4.78, 5) is 32.7. The van der Waals surface area contributed by atoms with E-state index in [-0.39, 0.29) is 18.1 Å². The predicted molar refractivity (Wildman–Crippen MR) is 135 cm³/mol. The van der Waals surface area contributed by atoms with E-state index in [9.17, 15) is 9.59 Å². The average molecular weight is 504 g/mol. The number of carbonyl (C=O) groups excluding carboxylic acids is 2. The van der Waals surface area contributed by atoms with Crippen molar-refractivity contribution in [3.05, 3.63) is 58.9 Å². The zero-order valence-corrected chi connectivity index (χ0v) is 20.5. The van der Waals surface area contributed by atoms with Gasteiger partial charge in [-0.1, -0.05) is 29.8 Å². The van der Waals surface area contributed by atoms with Gasteiger partial charge in [0.1, 0.15) is 11.9 Å². The van der Waals surface area contributed by atoms with Crippen molar-refractivity contribution in [1.82, 2.24) is 14.9 Å². The fourth-order valence-electron chi connectivity index (χ4n) is 5.55. The Balaban J connectivity index is 1.27. The van der Waals surface area contributed by atoms with Gasteiger partial charge in [-0.2, -0.15) is 5.26 Å². The number of unbranched alkanes of at least 4 members (excludes halogenated alkanes) is 1. The highest BCUT2D eigenvalue weighted by Crippen LogP contribution is 2.53. The van der Waals surface area contributed by atoms with Crippen LogP contribution in [0.1, 0.15) is 49.9 Å². The summed E-state index contributed by atoms with van der Waals surface area (Å²) in [6.07, 6.45) is 3.74. The number of carbonyl (C=O) groups is 2. The van der Waals surface area contributed by atoms with Crippen LogP contribution in [0.25, 0.3) is 11.0 Å². The van der Waals surface area contributed by atoms with Gasteiger partial charge in [0.2, 0.25) is 5.91 Å². The Morgan fingerprint density at radius 2 is 2.06 bits per heavy atom. The predicted octanol–water partition coefficient (Wildman–Crippen LogP) is 4.83. The number of para-hydroxylation sites is 1. The second-order valence-electron chi connectivity index (χ2n) is 9.92. The molecule has 6 rings (SSSR count). The van der Waals surface area contributed by atoms with E-state index < -0.39 is 11.5 Å². The number of nitrogens with zero attached hydrogens (tertiary/aromatic N) is 4. The van der Waals surface area contributed by atoms with Gasteiger partial charge in [-0.15, -0.1) is 0 Å². The molecule has 1 aromatic heterocycles. The first-order chi connectivity index (χ1) is 17.5. The number of benzene rings is 2. The Morgan fingerprint density at radius 3 is 2.83 bits per heavy atom. The van der Waals surface area contributed by atoms with Crippen molar-refractivity contribution >= 4 is 40.3 Å². The Bertz CT molecular complexity index is 1400. The molecule has 2 fully saturated rings. The SMILES string of the molecule is N#CCCCn1c(CN2c3ccccc3[C@]3(C[C@H](NC(=O)OC4CC4)C3)C2=O)nc2cc(Cl)ccc21. The molecule has 3 aliphatic rings. The van der Waals surface area contributed by atoms with Crippen LogP contribution in [0.15, 0.2) is 42.5 Å². The number of amides is 2. The zero-order chi connectivity index (χ0) is 24.9. The van der Waals surface area contributed by atoms with Gasteiger partial charge >= 0.3 is 6.09 Å². The number of aromatic nitrogens is 2. The second-order valence-corrected chi connectivity index (χ2v) is 10.4. The molecule has 0 saturated heterocycles. The monoisotopic (exact) mass is 503 g/mol. The van der Waals surface area contributed by atoms with Crippen LogP contribution in [-0.4, -0.2) is 33.7 Å². The molecule has 2 amide bonds. The molecule has 2 saturated carbocycles. The van der Waals surface area contributed by atoms with Crippen LogP contribution in [0.2, 0.25) is 5.02 Å². The third kappa shape index (κ3) is 3.88. The van der Waals surface area contributed by atoms with E-state index in [1.165, 1.54) is 0 Å². The number of fused-ring (bicyclic) bond motifs is 3. The molecule has 8 nitrogen and oxygen atoms in total. The molecule has 2 aliphatic carbocycles. The first-order valence-corrected chi connectivity index (χ1v) is 12.8. The van der Waals surface area contributed by atoms with E-state index in [0.717, 1.165) is 41.0 Å². The third-order valence-electron chi connectivity index (χ3n) is 7.43. The van der Waals surface area contributed by atoms with Crippen molar-refractivity contribution in [3.8, 4) is 6.07 Å². The number of aryl methyl sites for hydroxylation is 1. The second kappa shape index (κ2) is 8.82. The third-order valence-corrected chi connectivity index (χ3v) is 7.67. The summed E-state index contributed by atoms with van der Waals surface area (Å²) in [5.41, 5.74) is 2.94. The van der Waals surface area contributed by atoms with Crippen LogP contribution in [0.3, 0.4) is 0 Å². The van der Waals surface area contributed by atoms with E-state index in [1.54, 1.807) is 0 Å². The summed E-state index contributed by atoms with van der Waals surface area (Å²) < 4.78 is 7.41. The van der Waals surface area contributed by atoms with Gasteiger partial charge in [0.25, 0.3) is 0 Å². The number of nitrogens with one attached hydrogen (secondary N) is 1. The molecule has 3 aromatic rings. The quantitative estimate of drug-likeness (QED) is 0.465. The summed E-state index contributed by atoms with van der Waals surface area (Å²) in [5, 5.41) is 12.6. The summed E-state index contributed by atoms with van der Waals surface area (Å²) in [7, 11) is 0. The van der Waals surface area contributed by atoms with Crippen molar-refractivity contribution < 1.29 is 14.3 Å². The minimum absolute atomic E-state index is 0.0333. The van der Waals surface area contributed by atoms with Crippen molar-refractivity contribution in [2.45, 2.75) is 69.2 Å². The van der Waals surface area contributed by atoms with Crippen molar-refractivity contribution in [1.29, 1.82) is 5.26 Å². The van der Waals surface area contributed by atoms with Crippen molar-refractivity contribution in [2.24, 2.45) is 0 Å². The van der Waals surface area contributed by atoms with E-state index in [2.05, 4.69) is 16.0 Å². The topological polar surface area (TPSA) is 100 Å². The molecular weight excluding hydrogens is 478 g/mol. The molecular formula is C27H26ClN5O3. The number of imidazole rings is 1. The number of hydrogen-bond donors (Lipinski definition) is 1. The molecule has 0 atom stereocenters. The highest BCUT2D eigenvalue weighted by Gasteiger charge is 2.58. The van der Waals surface area contributed by atoms with E-state index in [0.29, 0.717) is 43.8 Å². The molecule has 1 aliphatic heterocycles. The van der Waals surface area contributed by atoms with Gasteiger partial charge in [0.15, 0.2) is 0 Å². The fourth-order valence-corrected chi connectivity index (χ4v) is 5.72. The Hall–Kier alpha value is -3.57. The summed E-state index contributed by atoms with van der Waals surface area (Å²) >= 11 is 6.22. The van der Waals surface area contributed by atoms with Crippen LogP contribution < -0.4 is 10.2 Å². The highest BCUT2D eigenvalue weighted by molar-refractivity contribution is 6.31. The fraction of sp³-hybridized carbons (Fsp3) is 0.407. The normalized spacial score (nSPS) is 22.4. The lowest BCUT2D eigenvalue weighted by Gasteiger charge is -2.44.